The fraction of sp³-hybridized carbons (Fsp3) is 0.714. The second-order valence-electron chi connectivity index (χ2n) is 6.03. The molecule has 1 unspecified atom stereocenters. The zero-order chi connectivity index (χ0) is 14.8. The van der Waals surface area contributed by atoms with Crippen LogP contribution < -0.4 is 4.90 Å². The van der Waals surface area contributed by atoms with Gasteiger partial charge in [0.15, 0.2) is 5.13 Å². The highest BCUT2D eigenvalue weighted by atomic mass is 32.1. The van der Waals surface area contributed by atoms with E-state index in [1.165, 1.54) is 11.3 Å². The molecule has 0 amide bonds. The summed E-state index contributed by atoms with van der Waals surface area (Å²) in [7, 11) is 2.02. The first-order valence-electron chi connectivity index (χ1n) is 6.58. The monoisotopic (exact) mass is 284 g/mol. The van der Waals surface area contributed by atoms with Crippen LogP contribution in [0.25, 0.3) is 0 Å². The quantitative estimate of drug-likeness (QED) is 0.870. The number of hydrogen-bond donors (Lipinski definition) is 1. The maximum absolute atomic E-state index is 11.2. The topological polar surface area (TPSA) is 53.4 Å². The lowest BCUT2D eigenvalue weighted by Crippen LogP contribution is -2.31. The minimum atomic E-state index is -0.934. The molecular formula is C14H24N2O2S. The van der Waals surface area contributed by atoms with Crippen molar-refractivity contribution >= 4 is 22.4 Å². The van der Waals surface area contributed by atoms with Crippen molar-refractivity contribution in [2.24, 2.45) is 5.92 Å². The third kappa shape index (κ3) is 3.69. The van der Waals surface area contributed by atoms with Crippen molar-refractivity contribution < 1.29 is 9.90 Å². The number of nitrogens with zero attached hydrogens (tertiary/aromatic N) is 2. The molecule has 0 aliphatic rings. The van der Waals surface area contributed by atoms with Gasteiger partial charge in [0.05, 0.1) is 5.69 Å². The Morgan fingerprint density at radius 1 is 1.47 bits per heavy atom. The Hall–Kier alpha value is -1.10. The van der Waals surface area contributed by atoms with Crippen LogP contribution in [-0.4, -0.2) is 29.1 Å². The van der Waals surface area contributed by atoms with E-state index >= 15 is 0 Å². The molecule has 108 valence electrons. The van der Waals surface area contributed by atoms with Gasteiger partial charge in [-0.15, -0.1) is 11.3 Å². The zero-order valence-corrected chi connectivity index (χ0v) is 13.4. The van der Waals surface area contributed by atoms with Gasteiger partial charge < -0.3 is 10.0 Å². The summed E-state index contributed by atoms with van der Waals surface area (Å²) < 4.78 is 0. The molecule has 5 heteroatoms. The highest BCUT2D eigenvalue weighted by molar-refractivity contribution is 7.13. The lowest BCUT2D eigenvalue weighted by molar-refractivity contribution is -0.142. The van der Waals surface area contributed by atoms with E-state index in [0.29, 0.717) is 17.7 Å². The van der Waals surface area contributed by atoms with Gasteiger partial charge in [-0.25, -0.2) is 4.98 Å². The molecule has 0 aliphatic heterocycles. The highest BCUT2D eigenvalue weighted by Crippen LogP contribution is 2.30. The van der Waals surface area contributed by atoms with Crippen LogP contribution in [0.15, 0.2) is 5.38 Å². The predicted octanol–water partition coefficient (Wildman–Crippen LogP) is 3.38. The molecule has 0 saturated heterocycles. The summed E-state index contributed by atoms with van der Waals surface area (Å²) in [6.07, 6.45) is 1.09. The summed E-state index contributed by atoms with van der Waals surface area (Å²) in [5.74, 6) is -0.213. The number of aliphatic carboxylic acids is 1. The lowest BCUT2D eigenvalue weighted by atomic mass is 9.90. The molecule has 1 N–H and O–H groups in total. The first-order valence-corrected chi connectivity index (χ1v) is 7.46. The summed E-state index contributed by atoms with van der Waals surface area (Å²) in [4.78, 5) is 17.9. The number of hydrogen-bond acceptors (Lipinski definition) is 4. The van der Waals surface area contributed by atoms with E-state index in [1.54, 1.807) is 13.8 Å². The van der Waals surface area contributed by atoms with Crippen LogP contribution in [0.4, 0.5) is 5.13 Å². The average molecular weight is 284 g/mol. The molecule has 1 heterocycles. The molecule has 1 rings (SSSR count). The van der Waals surface area contributed by atoms with Gasteiger partial charge in [0, 0.05) is 18.5 Å². The molecule has 0 bridgehead atoms. The van der Waals surface area contributed by atoms with E-state index in [9.17, 15) is 9.90 Å². The number of anilines is 1. The highest BCUT2D eigenvalue weighted by Gasteiger charge is 2.32. The molecule has 1 aromatic rings. The van der Waals surface area contributed by atoms with Crippen molar-refractivity contribution in [3.05, 3.63) is 11.1 Å². The standard InChI is InChI=1S/C14H24N2O2S/c1-9(2)7-10(3)16(6)13-15-11(8-19-13)14(4,5)12(17)18/h8-10H,7H2,1-6H3,(H,17,18). The van der Waals surface area contributed by atoms with Gasteiger partial charge >= 0.3 is 5.97 Å². The van der Waals surface area contributed by atoms with Crippen LogP contribution in [0.1, 0.15) is 46.7 Å². The Kier molecular flexibility index (Phi) is 4.96. The molecule has 0 radical (unpaired) electrons. The maximum Gasteiger partial charge on any atom is 0.315 e. The van der Waals surface area contributed by atoms with Crippen LogP contribution >= 0.6 is 11.3 Å². The smallest absolute Gasteiger partial charge is 0.315 e. The van der Waals surface area contributed by atoms with Crippen LogP contribution in [0.5, 0.6) is 0 Å². The SMILES string of the molecule is CC(C)CC(C)N(C)c1nc(C(C)(C)C(=O)O)cs1. The summed E-state index contributed by atoms with van der Waals surface area (Å²) >= 11 is 1.51. The van der Waals surface area contributed by atoms with Gasteiger partial charge in [-0.05, 0) is 33.1 Å². The Bertz CT molecular complexity index is 440. The second-order valence-corrected chi connectivity index (χ2v) is 6.87. The first kappa shape index (κ1) is 16.0. The number of thiazole rings is 1. The molecule has 0 spiro atoms. The van der Waals surface area contributed by atoms with Gasteiger partial charge in [-0.2, -0.15) is 0 Å². The number of carbonyl (C=O) groups is 1. The van der Waals surface area contributed by atoms with Gasteiger partial charge in [-0.1, -0.05) is 13.8 Å². The fourth-order valence-corrected chi connectivity index (χ4v) is 2.91. The summed E-state index contributed by atoms with van der Waals surface area (Å²) in [6, 6.07) is 0.395. The number of rotatable bonds is 6. The zero-order valence-electron chi connectivity index (χ0n) is 12.6. The first-order chi connectivity index (χ1) is 8.66. The van der Waals surface area contributed by atoms with Crippen LogP contribution in [-0.2, 0) is 10.2 Å². The van der Waals surface area contributed by atoms with Gasteiger partial charge in [0.25, 0.3) is 0 Å². The van der Waals surface area contributed by atoms with E-state index < -0.39 is 11.4 Å². The minimum absolute atomic E-state index is 0.395. The molecule has 1 aromatic heterocycles. The van der Waals surface area contributed by atoms with E-state index in [0.717, 1.165) is 11.6 Å². The molecular weight excluding hydrogens is 260 g/mol. The van der Waals surface area contributed by atoms with Crippen LogP contribution in [0.3, 0.4) is 0 Å². The maximum atomic E-state index is 11.2. The third-order valence-corrected chi connectivity index (χ3v) is 4.37. The third-order valence-electron chi connectivity index (χ3n) is 3.44. The molecule has 0 aliphatic carbocycles. The average Bonchev–Trinajstić information content (AvgIpc) is 2.76. The van der Waals surface area contributed by atoms with Gasteiger partial charge in [-0.3, -0.25) is 4.79 Å². The Morgan fingerprint density at radius 3 is 2.53 bits per heavy atom. The molecule has 0 aromatic carbocycles. The van der Waals surface area contributed by atoms with Crippen molar-refractivity contribution in [3.8, 4) is 0 Å². The van der Waals surface area contributed by atoms with Crippen molar-refractivity contribution in [2.75, 3.05) is 11.9 Å². The van der Waals surface area contributed by atoms with E-state index in [-0.39, 0.29) is 0 Å². The number of carboxylic acids is 1. The lowest BCUT2D eigenvalue weighted by Gasteiger charge is -2.26. The largest absolute Gasteiger partial charge is 0.481 e. The van der Waals surface area contributed by atoms with Crippen LogP contribution in [0, 0.1) is 5.92 Å². The molecule has 0 saturated carbocycles. The summed E-state index contributed by atoms with van der Waals surface area (Å²) in [5, 5.41) is 12.0. The molecule has 0 fully saturated rings. The number of aromatic nitrogens is 1. The fourth-order valence-electron chi connectivity index (χ4n) is 1.85. The van der Waals surface area contributed by atoms with Crippen molar-refractivity contribution in [3.63, 3.8) is 0 Å². The Labute approximate surface area is 119 Å². The Morgan fingerprint density at radius 2 is 2.05 bits per heavy atom. The van der Waals surface area contributed by atoms with Gasteiger partial charge in [0.2, 0.25) is 0 Å². The Balaban J connectivity index is 2.88. The van der Waals surface area contributed by atoms with Crippen molar-refractivity contribution in [2.45, 2.75) is 52.5 Å². The van der Waals surface area contributed by atoms with Crippen LogP contribution in [0.2, 0.25) is 0 Å². The van der Waals surface area contributed by atoms with Gasteiger partial charge in [0.1, 0.15) is 5.41 Å². The predicted molar refractivity (Wildman–Crippen MR) is 80.1 cm³/mol. The molecule has 1 atom stereocenters. The van der Waals surface area contributed by atoms with E-state index in [4.69, 9.17) is 0 Å². The van der Waals surface area contributed by atoms with E-state index in [1.807, 2.05) is 12.4 Å². The molecule has 19 heavy (non-hydrogen) atoms. The summed E-state index contributed by atoms with van der Waals surface area (Å²) in [5.41, 5.74) is -0.305. The summed E-state index contributed by atoms with van der Waals surface area (Å²) in [6.45, 7) is 9.94. The van der Waals surface area contributed by atoms with Crippen molar-refractivity contribution in [1.82, 2.24) is 4.98 Å². The normalized spacial score (nSPS) is 13.6. The second kappa shape index (κ2) is 5.90. The minimum Gasteiger partial charge on any atom is -0.481 e. The number of carboxylic acid groups (broad SMARTS) is 1. The van der Waals surface area contributed by atoms with Crippen molar-refractivity contribution in [1.29, 1.82) is 0 Å². The molecule has 4 nitrogen and oxygen atoms in total. The van der Waals surface area contributed by atoms with E-state index in [2.05, 4.69) is 30.7 Å².